The smallest absolute Gasteiger partial charge is 0.304 e. The van der Waals surface area contributed by atoms with E-state index in [4.69, 9.17) is 16.7 Å². The van der Waals surface area contributed by atoms with E-state index >= 15 is 0 Å². The summed E-state index contributed by atoms with van der Waals surface area (Å²) in [4.78, 5) is 10.8. The third-order valence-electron chi connectivity index (χ3n) is 3.29. The first-order chi connectivity index (χ1) is 7.55. The Morgan fingerprint density at radius 1 is 1.50 bits per heavy atom. The van der Waals surface area contributed by atoms with Crippen LogP contribution in [-0.2, 0) is 10.2 Å². The van der Waals surface area contributed by atoms with Crippen LogP contribution < -0.4 is 0 Å². The Hall–Kier alpha value is -1.09. The number of hydrogen-bond donors (Lipinski definition) is 1. The van der Waals surface area contributed by atoms with Gasteiger partial charge < -0.3 is 5.11 Å². The molecular weight excluding hydrogens is 231 g/mol. The second-order valence-electron chi connectivity index (χ2n) is 4.30. The molecule has 0 aliphatic heterocycles. The molecule has 1 N–H and O–H groups in total. The fourth-order valence-electron chi connectivity index (χ4n) is 2.41. The number of carboxylic acids is 1. The maximum absolute atomic E-state index is 13.7. The van der Waals surface area contributed by atoms with Gasteiger partial charge in [0.2, 0.25) is 0 Å². The van der Waals surface area contributed by atoms with Crippen molar-refractivity contribution >= 4 is 17.6 Å². The monoisotopic (exact) mass is 242 g/mol. The number of hydrogen-bond acceptors (Lipinski definition) is 1. The lowest BCUT2D eigenvalue weighted by Gasteiger charge is -2.41. The normalized spacial score (nSPS) is 17.9. The summed E-state index contributed by atoms with van der Waals surface area (Å²) in [5, 5.41) is 9.23. The van der Waals surface area contributed by atoms with Gasteiger partial charge in [0.15, 0.2) is 0 Å². The molecule has 0 bridgehead atoms. The molecule has 1 aliphatic rings. The predicted octanol–water partition coefficient (Wildman–Crippen LogP) is 3.38. The Balaban J connectivity index is 2.44. The molecule has 1 aromatic rings. The van der Waals surface area contributed by atoms with Crippen molar-refractivity contribution in [2.45, 2.75) is 31.1 Å². The lowest BCUT2D eigenvalue weighted by molar-refractivity contribution is -0.139. The van der Waals surface area contributed by atoms with Crippen LogP contribution in [0.1, 0.15) is 31.2 Å². The van der Waals surface area contributed by atoms with Crippen molar-refractivity contribution < 1.29 is 14.3 Å². The first-order valence-electron chi connectivity index (χ1n) is 5.21. The fourth-order valence-corrected chi connectivity index (χ4v) is 2.78. The van der Waals surface area contributed by atoms with E-state index in [9.17, 15) is 9.18 Å². The van der Waals surface area contributed by atoms with E-state index in [1.807, 2.05) is 0 Å². The quantitative estimate of drug-likeness (QED) is 0.882. The standard InChI is InChI=1S/C12H12ClFO2/c13-8-3-1-4-9(14)11(8)12(5-2-6-12)7-10(15)16/h1,3-4H,2,5-7H2,(H,15,16). The van der Waals surface area contributed by atoms with E-state index in [0.717, 1.165) is 6.42 Å². The van der Waals surface area contributed by atoms with Crippen LogP contribution in [0.3, 0.4) is 0 Å². The van der Waals surface area contributed by atoms with Crippen LogP contribution in [0.25, 0.3) is 0 Å². The van der Waals surface area contributed by atoms with Gasteiger partial charge in [-0.05, 0) is 25.0 Å². The summed E-state index contributed by atoms with van der Waals surface area (Å²) in [6.45, 7) is 0. The largest absolute Gasteiger partial charge is 0.481 e. The molecule has 1 aliphatic carbocycles. The molecule has 16 heavy (non-hydrogen) atoms. The number of benzene rings is 1. The van der Waals surface area contributed by atoms with Crippen LogP contribution in [0.2, 0.25) is 5.02 Å². The van der Waals surface area contributed by atoms with Gasteiger partial charge in [-0.1, -0.05) is 24.1 Å². The number of halogens is 2. The fraction of sp³-hybridized carbons (Fsp3) is 0.417. The van der Waals surface area contributed by atoms with Crippen molar-refractivity contribution in [3.05, 3.63) is 34.6 Å². The molecule has 2 nitrogen and oxygen atoms in total. The highest BCUT2D eigenvalue weighted by Gasteiger charge is 2.43. The minimum Gasteiger partial charge on any atom is -0.481 e. The van der Waals surface area contributed by atoms with Crippen molar-refractivity contribution in [1.82, 2.24) is 0 Å². The molecule has 0 saturated heterocycles. The molecular formula is C12H12ClFO2. The lowest BCUT2D eigenvalue weighted by atomic mass is 9.62. The molecule has 1 saturated carbocycles. The van der Waals surface area contributed by atoms with Gasteiger partial charge in [-0.25, -0.2) is 4.39 Å². The summed E-state index contributed by atoms with van der Waals surface area (Å²) in [7, 11) is 0. The number of rotatable bonds is 3. The van der Waals surface area contributed by atoms with Crippen molar-refractivity contribution in [1.29, 1.82) is 0 Å². The summed E-state index contributed by atoms with van der Waals surface area (Å²) < 4.78 is 13.7. The summed E-state index contributed by atoms with van der Waals surface area (Å²) in [5.74, 6) is -1.30. The van der Waals surface area contributed by atoms with Crippen LogP contribution in [0.4, 0.5) is 4.39 Å². The zero-order valence-electron chi connectivity index (χ0n) is 8.67. The average Bonchev–Trinajstić information content (AvgIpc) is 2.12. The second kappa shape index (κ2) is 4.06. The number of carboxylic acid groups (broad SMARTS) is 1. The molecule has 0 amide bonds. The van der Waals surface area contributed by atoms with Gasteiger partial charge in [-0.2, -0.15) is 0 Å². The lowest BCUT2D eigenvalue weighted by Crippen LogP contribution is -2.37. The molecule has 1 fully saturated rings. The molecule has 0 unspecified atom stereocenters. The van der Waals surface area contributed by atoms with Crippen LogP contribution in [0.15, 0.2) is 18.2 Å². The van der Waals surface area contributed by atoms with Crippen molar-refractivity contribution in [2.75, 3.05) is 0 Å². The van der Waals surface area contributed by atoms with Gasteiger partial charge in [0, 0.05) is 16.0 Å². The minimum atomic E-state index is -0.904. The summed E-state index contributed by atoms with van der Waals surface area (Å²) >= 11 is 5.98. The van der Waals surface area contributed by atoms with E-state index in [1.165, 1.54) is 12.1 Å². The molecule has 0 heterocycles. The second-order valence-corrected chi connectivity index (χ2v) is 4.71. The Morgan fingerprint density at radius 3 is 2.62 bits per heavy atom. The highest BCUT2D eigenvalue weighted by atomic mass is 35.5. The van der Waals surface area contributed by atoms with Gasteiger partial charge in [0.05, 0.1) is 6.42 Å². The van der Waals surface area contributed by atoms with Gasteiger partial charge in [0.25, 0.3) is 0 Å². The van der Waals surface area contributed by atoms with E-state index in [1.54, 1.807) is 6.07 Å². The van der Waals surface area contributed by atoms with Crippen LogP contribution in [0.5, 0.6) is 0 Å². The van der Waals surface area contributed by atoms with E-state index in [-0.39, 0.29) is 6.42 Å². The van der Waals surface area contributed by atoms with Gasteiger partial charge in [0.1, 0.15) is 5.82 Å². The van der Waals surface area contributed by atoms with Gasteiger partial charge in [-0.15, -0.1) is 0 Å². The van der Waals surface area contributed by atoms with Crippen molar-refractivity contribution in [3.8, 4) is 0 Å². The zero-order valence-corrected chi connectivity index (χ0v) is 9.43. The van der Waals surface area contributed by atoms with Crippen LogP contribution >= 0.6 is 11.6 Å². The Labute approximate surface area is 98.0 Å². The SMILES string of the molecule is O=C(O)CC1(c2c(F)cccc2Cl)CCC1. The molecule has 0 aromatic heterocycles. The maximum atomic E-state index is 13.7. The first-order valence-corrected chi connectivity index (χ1v) is 5.59. The highest BCUT2D eigenvalue weighted by molar-refractivity contribution is 6.31. The van der Waals surface area contributed by atoms with E-state index in [0.29, 0.717) is 23.4 Å². The molecule has 86 valence electrons. The Bertz CT molecular complexity index is 407. The molecule has 0 spiro atoms. The highest BCUT2D eigenvalue weighted by Crippen LogP contribution is 2.49. The number of aliphatic carboxylic acids is 1. The zero-order chi connectivity index (χ0) is 11.8. The molecule has 1 aromatic carbocycles. The van der Waals surface area contributed by atoms with Crippen molar-refractivity contribution in [3.63, 3.8) is 0 Å². The van der Waals surface area contributed by atoms with Crippen LogP contribution in [-0.4, -0.2) is 11.1 Å². The Kier molecular flexibility index (Phi) is 2.89. The molecule has 4 heteroatoms. The summed E-state index contributed by atoms with van der Waals surface area (Å²) in [6.07, 6.45) is 2.27. The molecule has 0 atom stereocenters. The topological polar surface area (TPSA) is 37.3 Å². The number of carbonyl (C=O) groups is 1. The molecule has 0 radical (unpaired) electrons. The Morgan fingerprint density at radius 2 is 2.19 bits per heavy atom. The first kappa shape index (κ1) is 11.4. The van der Waals surface area contributed by atoms with Crippen LogP contribution in [0, 0.1) is 5.82 Å². The molecule has 2 rings (SSSR count). The predicted molar refractivity (Wildman–Crippen MR) is 59.2 cm³/mol. The van der Waals surface area contributed by atoms with Gasteiger partial charge in [-0.3, -0.25) is 4.79 Å². The summed E-state index contributed by atoms with van der Waals surface area (Å²) in [6, 6.07) is 4.49. The third kappa shape index (κ3) is 1.80. The maximum Gasteiger partial charge on any atom is 0.304 e. The van der Waals surface area contributed by atoms with Crippen molar-refractivity contribution in [2.24, 2.45) is 0 Å². The minimum absolute atomic E-state index is 0.0480. The summed E-state index contributed by atoms with van der Waals surface area (Å²) in [5.41, 5.74) is -0.209. The third-order valence-corrected chi connectivity index (χ3v) is 3.61. The van der Waals surface area contributed by atoms with E-state index in [2.05, 4.69) is 0 Å². The van der Waals surface area contributed by atoms with E-state index < -0.39 is 17.2 Å². The van der Waals surface area contributed by atoms with Gasteiger partial charge >= 0.3 is 5.97 Å². The average molecular weight is 243 g/mol.